The van der Waals surface area contributed by atoms with Crippen molar-refractivity contribution in [1.29, 1.82) is 0 Å². The van der Waals surface area contributed by atoms with Crippen molar-refractivity contribution < 1.29 is 9.53 Å². The number of hydrogen-bond acceptors (Lipinski definition) is 3. The normalized spacial score (nSPS) is 10.5. The zero-order valence-electron chi connectivity index (χ0n) is 15.6. The lowest BCUT2D eigenvalue weighted by Gasteiger charge is -2.21. The molecule has 0 aliphatic carbocycles. The predicted molar refractivity (Wildman–Crippen MR) is 105 cm³/mol. The molecule has 4 heteroatoms. The van der Waals surface area contributed by atoms with Gasteiger partial charge in [0.1, 0.15) is 5.75 Å². The number of Topliss-reactive ketones (excluding diaryl/α,β-unsaturated/α-hetero) is 1. The van der Waals surface area contributed by atoms with Crippen LogP contribution in [0.1, 0.15) is 69.7 Å². The van der Waals surface area contributed by atoms with E-state index >= 15 is 0 Å². The molecule has 0 amide bonds. The quantitative estimate of drug-likeness (QED) is 0.445. The number of rotatable bonds is 13. The Kier molecular flexibility index (Phi) is 13.7. The smallest absolute Gasteiger partial charge is 0.164 e. The van der Waals surface area contributed by atoms with Gasteiger partial charge in [-0.2, -0.15) is 0 Å². The Labute approximate surface area is 154 Å². The number of benzene rings is 1. The molecule has 24 heavy (non-hydrogen) atoms. The molecule has 0 saturated carbocycles. The molecule has 0 N–H and O–H groups in total. The second-order valence-electron chi connectivity index (χ2n) is 6.09. The van der Waals surface area contributed by atoms with Crippen LogP contribution < -0.4 is 4.74 Å². The van der Waals surface area contributed by atoms with E-state index in [1.807, 2.05) is 24.3 Å². The topological polar surface area (TPSA) is 29.5 Å². The minimum atomic E-state index is 0. The zero-order valence-corrected chi connectivity index (χ0v) is 16.4. The highest BCUT2D eigenvalue weighted by Crippen LogP contribution is 2.14. The molecular formula is C20H34ClNO2. The molecule has 1 aromatic carbocycles. The van der Waals surface area contributed by atoms with Crippen LogP contribution in [0.15, 0.2) is 24.3 Å². The minimum absolute atomic E-state index is 0. The summed E-state index contributed by atoms with van der Waals surface area (Å²) in [4.78, 5) is 14.8. The van der Waals surface area contributed by atoms with Crippen molar-refractivity contribution in [3.05, 3.63) is 29.8 Å². The molecule has 3 nitrogen and oxygen atoms in total. The van der Waals surface area contributed by atoms with Gasteiger partial charge in [-0.15, -0.1) is 12.4 Å². The summed E-state index contributed by atoms with van der Waals surface area (Å²) < 4.78 is 5.56. The highest BCUT2D eigenvalue weighted by molar-refractivity contribution is 5.96. The Morgan fingerprint density at radius 3 is 2.00 bits per heavy atom. The Hall–Kier alpha value is -1.06. The standard InChI is InChI=1S/C20H33NO2.ClH/c1-4-7-14-21(15-8-5-2)16-13-20(22)18-9-11-19(12-10-18)23-17-6-3;/h9-12H,4-8,13-17H2,1-3H3;1H. The maximum absolute atomic E-state index is 12.4. The fourth-order valence-electron chi connectivity index (χ4n) is 2.46. The van der Waals surface area contributed by atoms with Gasteiger partial charge in [0.05, 0.1) is 6.61 Å². The second-order valence-corrected chi connectivity index (χ2v) is 6.09. The third-order valence-corrected chi connectivity index (χ3v) is 3.96. The Balaban J connectivity index is 0.00000529. The van der Waals surface area contributed by atoms with Gasteiger partial charge in [0, 0.05) is 18.5 Å². The molecule has 1 rings (SSSR count). The van der Waals surface area contributed by atoms with Crippen LogP contribution in [0.4, 0.5) is 0 Å². The van der Waals surface area contributed by atoms with Gasteiger partial charge in [-0.1, -0.05) is 33.6 Å². The third kappa shape index (κ3) is 9.29. The van der Waals surface area contributed by atoms with Crippen LogP contribution in [-0.4, -0.2) is 36.9 Å². The molecule has 0 atom stereocenters. The van der Waals surface area contributed by atoms with Crippen molar-refractivity contribution in [3.63, 3.8) is 0 Å². The highest BCUT2D eigenvalue weighted by atomic mass is 35.5. The zero-order chi connectivity index (χ0) is 16.9. The van der Waals surface area contributed by atoms with Crippen molar-refractivity contribution in [2.75, 3.05) is 26.2 Å². The lowest BCUT2D eigenvalue weighted by molar-refractivity contribution is 0.0963. The molecule has 0 saturated heterocycles. The average molecular weight is 356 g/mol. The van der Waals surface area contributed by atoms with Gasteiger partial charge in [0.25, 0.3) is 0 Å². The van der Waals surface area contributed by atoms with Gasteiger partial charge in [0.2, 0.25) is 0 Å². The number of nitrogens with zero attached hydrogens (tertiary/aromatic N) is 1. The van der Waals surface area contributed by atoms with E-state index in [1.165, 1.54) is 25.7 Å². The number of carbonyl (C=O) groups is 1. The van der Waals surface area contributed by atoms with Gasteiger partial charge in [-0.25, -0.2) is 0 Å². The van der Waals surface area contributed by atoms with E-state index in [0.29, 0.717) is 6.42 Å². The number of ketones is 1. The lowest BCUT2D eigenvalue weighted by Crippen LogP contribution is -2.28. The fourth-order valence-corrected chi connectivity index (χ4v) is 2.46. The molecule has 0 aliphatic rings. The predicted octanol–water partition coefficient (Wildman–Crippen LogP) is 5.37. The van der Waals surface area contributed by atoms with Crippen LogP contribution in [0.25, 0.3) is 0 Å². The maximum atomic E-state index is 12.4. The largest absolute Gasteiger partial charge is 0.494 e. The molecule has 0 heterocycles. The summed E-state index contributed by atoms with van der Waals surface area (Å²) in [5, 5.41) is 0. The van der Waals surface area contributed by atoms with E-state index in [2.05, 4.69) is 25.7 Å². The monoisotopic (exact) mass is 355 g/mol. The second kappa shape index (κ2) is 14.3. The summed E-state index contributed by atoms with van der Waals surface area (Å²) in [6.07, 6.45) is 6.42. The fraction of sp³-hybridized carbons (Fsp3) is 0.650. The first-order chi connectivity index (χ1) is 11.2. The Bertz CT molecular complexity index is 426. The summed E-state index contributed by atoms with van der Waals surface area (Å²) in [5.41, 5.74) is 0.791. The summed E-state index contributed by atoms with van der Waals surface area (Å²) in [6.45, 7) is 10.3. The van der Waals surface area contributed by atoms with E-state index in [1.54, 1.807) is 0 Å². The lowest BCUT2D eigenvalue weighted by atomic mass is 10.1. The summed E-state index contributed by atoms with van der Waals surface area (Å²) >= 11 is 0. The van der Waals surface area contributed by atoms with Crippen LogP contribution in [0.2, 0.25) is 0 Å². The first-order valence-corrected chi connectivity index (χ1v) is 9.19. The number of carbonyl (C=O) groups excluding carboxylic acids is 1. The van der Waals surface area contributed by atoms with Crippen LogP contribution >= 0.6 is 12.4 Å². The molecule has 0 fully saturated rings. The molecule has 0 aliphatic heterocycles. The van der Waals surface area contributed by atoms with Gasteiger partial charge in [0.15, 0.2) is 5.78 Å². The van der Waals surface area contributed by atoms with E-state index < -0.39 is 0 Å². The number of halogens is 1. The van der Waals surface area contributed by atoms with Crippen LogP contribution in [0.3, 0.4) is 0 Å². The molecule has 1 aromatic rings. The third-order valence-electron chi connectivity index (χ3n) is 3.96. The van der Waals surface area contributed by atoms with Gasteiger partial charge >= 0.3 is 0 Å². The van der Waals surface area contributed by atoms with Gasteiger partial charge < -0.3 is 9.64 Å². The molecule has 0 spiro atoms. The number of ether oxygens (including phenoxy) is 1. The van der Waals surface area contributed by atoms with Crippen molar-refractivity contribution >= 4 is 18.2 Å². The molecule has 0 aromatic heterocycles. The summed E-state index contributed by atoms with van der Waals surface area (Å²) in [6, 6.07) is 7.56. The minimum Gasteiger partial charge on any atom is -0.494 e. The van der Waals surface area contributed by atoms with E-state index in [9.17, 15) is 4.79 Å². The molecule has 0 unspecified atom stereocenters. The SMILES string of the molecule is CCCCN(CCCC)CCC(=O)c1ccc(OCCC)cc1.Cl. The van der Waals surface area contributed by atoms with Crippen molar-refractivity contribution in [2.24, 2.45) is 0 Å². The van der Waals surface area contributed by atoms with Crippen LogP contribution in [0, 0.1) is 0 Å². The van der Waals surface area contributed by atoms with Crippen LogP contribution in [0.5, 0.6) is 5.75 Å². The van der Waals surface area contributed by atoms with Crippen LogP contribution in [-0.2, 0) is 0 Å². The summed E-state index contributed by atoms with van der Waals surface area (Å²) in [7, 11) is 0. The van der Waals surface area contributed by atoms with E-state index in [-0.39, 0.29) is 18.2 Å². The number of hydrogen-bond donors (Lipinski definition) is 0. The van der Waals surface area contributed by atoms with Gasteiger partial charge in [-0.3, -0.25) is 4.79 Å². The van der Waals surface area contributed by atoms with Crippen molar-refractivity contribution in [1.82, 2.24) is 4.90 Å². The van der Waals surface area contributed by atoms with Gasteiger partial charge in [-0.05, 0) is 56.6 Å². The number of unbranched alkanes of at least 4 members (excludes halogenated alkanes) is 2. The first kappa shape index (κ1) is 22.9. The van der Waals surface area contributed by atoms with Crippen molar-refractivity contribution in [3.8, 4) is 5.75 Å². The van der Waals surface area contributed by atoms with Crippen molar-refractivity contribution in [2.45, 2.75) is 59.3 Å². The van der Waals surface area contributed by atoms with E-state index in [0.717, 1.165) is 44.0 Å². The molecular weight excluding hydrogens is 322 g/mol. The first-order valence-electron chi connectivity index (χ1n) is 9.19. The highest BCUT2D eigenvalue weighted by Gasteiger charge is 2.10. The van der Waals surface area contributed by atoms with E-state index in [4.69, 9.17) is 4.74 Å². The Morgan fingerprint density at radius 2 is 1.50 bits per heavy atom. The molecule has 0 radical (unpaired) electrons. The average Bonchev–Trinajstić information content (AvgIpc) is 2.59. The summed E-state index contributed by atoms with van der Waals surface area (Å²) in [5.74, 6) is 1.07. The Morgan fingerprint density at radius 1 is 0.917 bits per heavy atom. The molecule has 138 valence electrons. The maximum Gasteiger partial charge on any atom is 0.164 e. The molecule has 0 bridgehead atoms.